The fourth-order valence-electron chi connectivity index (χ4n) is 3.51. The van der Waals surface area contributed by atoms with E-state index in [0.29, 0.717) is 12.0 Å². The smallest absolute Gasteiger partial charge is 0.0408 e. The maximum Gasteiger partial charge on any atom is 0.0408 e. The molecule has 0 bridgehead atoms. The van der Waals surface area contributed by atoms with Crippen molar-refractivity contribution in [1.82, 2.24) is 10.2 Å². The number of rotatable bonds is 1. The molecular weight excluding hydrogens is 315 g/mol. The summed E-state index contributed by atoms with van der Waals surface area (Å²) in [5.41, 5.74) is 2.97. The van der Waals surface area contributed by atoms with Gasteiger partial charge in [0.15, 0.2) is 0 Å². The molecule has 1 N–H and O–H groups in total. The third-order valence-corrected chi connectivity index (χ3v) is 4.74. The van der Waals surface area contributed by atoms with Crippen LogP contribution in [0.25, 0.3) is 0 Å². The number of fused-ring (bicyclic) bond motifs is 1. The summed E-state index contributed by atoms with van der Waals surface area (Å²) in [4.78, 5) is 2.67. The minimum absolute atomic E-state index is 0. The summed E-state index contributed by atoms with van der Waals surface area (Å²) in [6.45, 7) is 7.03. The summed E-state index contributed by atoms with van der Waals surface area (Å²) in [7, 11) is 0. The highest BCUT2D eigenvalue weighted by atomic mass is 35.5. The van der Waals surface area contributed by atoms with E-state index in [0.717, 1.165) is 18.1 Å². The molecule has 20 heavy (non-hydrogen) atoms. The van der Waals surface area contributed by atoms with Crippen LogP contribution in [0.2, 0.25) is 5.02 Å². The molecule has 1 fully saturated rings. The Hall–Kier alpha value is 0.01000. The Morgan fingerprint density at radius 1 is 1.20 bits per heavy atom. The molecule has 5 heteroatoms. The number of nitrogens with zero attached hydrogens (tertiary/aromatic N) is 1. The van der Waals surface area contributed by atoms with Crippen LogP contribution in [-0.4, -0.2) is 37.1 Å². The summed E-state index contributed by atoms with van der Waals surface area (Å²) in [5, 5.41) is 4.31. The highest BCUT2D eigenvalue weighted by Crippen LogP contribution is 2.35. The second-order valence-corrected chi connectivity index (χ2v) is 5.96. The van der Waals surface area contributed by atoms with E-state index in [1.807, 2.05) is 6.07 Å². The van der Waals surface area contributed by atoms with Crippen LogP contribution < -0.4 is 5.32 Å². The molecule has 1 saturated heterocycles. The van der Waals surface area contributed by atoms with Gasteiger partial charge in [-0.1, -0.05) is 24.6 Å². The van der Waals surface area contributed by atoms with Crippen molar-refractivity contribution in [3.05, 3.63) is 34.3 Å². The van der Waals surface area contributed by atoms with Crippen molar-refractivity contribution in [2.45, 2.75) is 31.7 Å². The summed E-state index contributed by atoms with van der Waals surface area (Å²) >= 11 is 6.09. The van der Waals surface area contributed by atoms with Gasteiger partial charge in [0, 0.05) is 37.2 Å². The van der Waals surface area contributed by atoms with Crippen LogP contribution in [0.1, 0.15) is 30.4 Å². The van der Waals surface area contributed by atoms with Crippen molar-refractivity contribution in [2.24, 2.45) is 0 Å². The maximum atomic E-state index is 6.09. The van der Waals surface area contributed by atoms with E-state index in [2.05, 4.69) is 29.3 Å². The molecule has 1 aliphatic heterocycles. The first kappa shape index (κ1) is 18.1. The van der Waals surface area contributed by atoms with Gasteiger partial charge in [-0.3, -0.25) is 4.90 Å². The Bertz CT molecular complexity index is 433. The number of piperazine rings is 1. The Morgan fingerprint density at radius 2 is 1.90 bits per heavy atom. The number of halogens is 3. The minimum atomic E-state index is 0. The van der Waals surface area contributed by atoms with Crippen molar-refractivity contribution < 1.29 is 0 Å². The molecule has 2 unspecified atom stereocenters. The number of nitrogens with one attached hydrogen (secondary N) is 1. The second-order valence-electron chi connectivity index (χ2n) is 5.52. The standard InChI is InChI=1S/C15H21ClN2.2ClH/c1-11-14-4-3-13(16)10-12(14)2-5-15(11)18-8-6-17-7-9-18;;/h3-4,10-11,15,17H,2,5-9H2,1H3;2*1H. The molecule has 114 valence electrons. The zero-order valence-corrected chi connectivity index (χ0v) is 14.2. The van der Waals surface area contributed by atoms with Gasteiger partial charge in [-0.2, -0.15) is 0 Å². The van der Waals surface area contributed by atoms with E-state index in [4.69, 9.17) is 11.6 Å². The first-order valence-electron chi connectivity index (χ1n) is 6.99. The zero-order chi connectivity index (χ0) is 12.5. The first-order chi connectivity index (χ1) is 8.75. The predicted molar refractivity (Wildman–Crippen MR) is 90.9 cm³/mol. The molecule has 1 heterocycles. The van der Waals surface area contributed by atoms with Gasteiger partial charge in [-0.25, -0.2) is 0 Å². The van der Waals surface area contributed by atoms with Crippen molar-refractivity contribution in [3.63, 3.8) is 0 Å². The average molecular weight is 338 g/mol. The molecular formula is C15H23Cl3N2. The molecule has 0 spiro atoms. The molecule has 0 saturated carbocycles. The van der Waals surface area contributed by atoms with Gasteiger partial charge in [0.1, 0.15) is 0 Å². The molecule has 0 amide bonds. The molecule has 2 atom stereocenters. The fraction of sp³-hybridized carbons (Fsp3) is 0.600. The summed E-state index contributed by atoms with van der Waals surface area (Å²) in [5.74, 6) is 0.629. The Labute approximate surface area is 139 Å². The lowest BCUT2D eigenvalue weighted by molar-refractivity contribution is 0.141. The van der Waals surface area contributed by atoms with E-state index < -0.39 is 0 Å². The summed E-state index contributed by atoms with van der Waals surface area (Å²) < 4.78 is 0. The van der Waals surface area contributed by atoms with Gasteiger partial charge in [-0.05, 0) is 42.0 Å². The van der Waals surface area contributed by atoms with E-state index in [1.54, 1.807) is 0 Å². The highest BCUT2D eigenvalue weighted by molar-refractivity contribution is 6.30. The Morgan fingerprint density at radius 3 is 2.60 bits per heavy atom. The Kier molecular flexibility index (Phi) is 7.10. The lowest BCUT2D eigenvalue weighted by Crippen LogP contribution is -2.51. The van der Waals surface area contributed by atoms with Gasteiger partial charge in [0.25, 0.3) is 0 Å². The lowest BCUT2D eigenvalue weighted by atomic mass is 9.79. The normalized spacial score (nSPS) is 26.1. The highest BCUT2D eigenvalue weighted by Gasteiger charge is 2.31. The van der Waals surface area contributed by atoms with Gasteiger partial charge in [0.2, 0.25) is 0 Å². The number of benzene rings is 1. The van der Waals surface area contributed by atoms with Crippen LogP contribution in [0.4, 0.5) is 0 Å². The van der Waals surface area contributed by atoms with Gasteiger partial charge >= 0.3 is 0 Å². The number of hydrogen-bond donors (Lipinski definition) is 1. The largest absolute Gasteiger partial charge is 0.314 e. The fourth-order valence-corrected chi connectivity index (χ4v) is 3.70. The quantitative estimate of drug-likeness (QED) is 0.843. The zero-order valence-electron chi connectivity index (χ0n) is 11.8. The molecule has 0 aromatic heterocycles. The van der Waals surface area contributed by atoms with Crippen molar-refractivity contribution in [3.8, 4) is 0 Å². The molecule has 2 nitrogen and oxygen atoms in total. The van der Waals surface area contributed by atoms with Crippen molar-refractivity contribution in [2.75, 3.05) is 26.2 Å². The third-order valence-electron chi connectivity index (χ3n) is 4.50. The number of hydrogen-bond acceptors (Lipinski definition) is 2. The molecule has 3 rings (SSSR count). The van der Waals surface area contributed by atoms with E-state index in [1.165, 1.54) is 37.1 Å². The average Bonchev–Trinajstić information content (AvgIpc) is 2.40. The van der Waals surface area contributed by atoms with Gasteiger partial charge in [-0.15, -0.1) is 24.8 Å². The first-order valence-corrected chi connectivity index (χ1v) is 7.36. The van der Waals surface area contributed by atoms with Crippen LogP contribution in [0.3, 0.4) is 0 Å². The molecule has 2 aliphatic rings. The van der Waals surface area contributed by atoms with Crippen LogP contribution in [0, 0.1) is 0 Å². The SMILES string of the molecule is CC1c2ccc(Cl)cc2CCC1N1CCNCC1.Cl.Cl. The van der Waals surface area contributed by atoms with Crippen LogP contribution in [-0.2, 0) is 6.42 Å². The van der Waals surface area contributed by atoms with Gasteiger partial charge < -0.3 is 5.32 Å². The van der Waals surface area contributed by atoms with Crippen LogP contribution >= 0.6 is 36.4 Å². The molecule has 1 aromatic carbocycles. The third kappa shape index (κ3) is 3.61. The Balaban J connectivity index is 0.000001000. The molecule has 1 aliphatic carbocycles. The van der Waals surface area contributed by atoms with E-state index >= 15 is 0 Å². The van der Waals surface area contributed by atoms with Crippen molar-refractivity contribution in [1.29, 1.82) is 0 Å². The van der Waals surface area contributed by atoms with E-state index in [9.17, 15) is 0 Å². The van der Waals surface area contributed by atoms with E-state index in [-0.39, 0.29) is 24.8 Å². The minimum Gasteiger partial charge on any atom is -0.314 e. The molecule has 1 aromatic rings. The van der Waals surface area contributed by atoms with Crippen molar-refractivity contribution >= 4 is 36.4 Å². The number of aryl methyl sites for hydroxylation is 1. The van der Waals surface area contributed by atoms with Crippen LogP contribution in [0.5, 0.6) is 0 Å². The predicted octanol–water partition coefficient (Wildman–Crippen LogP) is 3.51. The monoisotopic (exact) mass is 336 g/mol. The topological polar surface area (TPSA) is 15.3 Å². The maximum absolute atomic E-state index is 6.09. The van der Waals surface area contributed by atoms with Crippen LogP contribution in [0.15, 0.2) is 18.2 Å². The second kappa shape index (κ2) is 7.86. The summed E-state index contributed by atoms with van der Waals surface area (Å²) in [6.07, 6.45) is 2.45. The summed E-state index contributed by atoms with van der Waals surface area (Å²) in [6, 6.07) is 7.13. The molecule has 0 radical (unpaired) electrons. The van der Waals surface area contributed by atoms with Gasteiger partial charge in [0.05, 0.1) is 0 Å². The lowest BCUT2D eigenvalue weighted by Gasteiger charge is -2.41.